The lowest BCUT2D eigenvalue weighted by Crippen LogP contribution is -2.41. The Labute approximate surface area is 102 Å². The Morgan fingerprint density at radius 3 is 2.44 bits per heavy atom. The summed E-state index contributed by atoms with van der Waals surface area (Å²) in [6.45, 7) is 1.28. The predicted molar refractivity (Wildman–Crippen MR) is 66.5 cm³/mol. The highest BCUT2D eigenvalue weighted by atomic mass is 35.5. The normalized spacial score (nSPS) is 18.9. The molecule has 0 saturated heterocycles. The first-order chi connectivity index (χ1) is 7.68. The van der Waals surface area contributed by atoms with Gasteiger partial charge in [0.2, 0.25) is 0 Å². The van der Waals surface area contributed by atoms with Gasteiger partial charge in [-0.1, -0.05) is 36.6 Å². The minimum absolute atomic E-state index is 0.0770. The molecule has 1 aliphatic rings. The van der Waals surface area contributed by atoms with E-state index in [9.17, 15) is 0 Å². The van der Waals surface area contributed by atoms with Crippen molar-refractivity contribution < 1.29 is 4.74 Å². The molecule has 0 atom stereocenters. The highest BCUT2D eigenvalue weighted by Gasteiger charge is 2.29. The number of rotatable bonds is 4. The number of ether oxygens (including phenoxy) is 1. The van der Waals surface area contributed by atoms with E-state index in [4.69, 9.17) is 22.1 Å². The largest absolute Gasteiger partial charge is 0.375 e. The average Bonchev–Trinajstić information content (AvgIpc) is 2.69. The lowest BCUT2D eigenvalue weighted by molar-refractivity contribution is 0.0751. The lowest BCUT2D eigenvalue weighted by atomic mass is 10.0. The minimum Gasteiger partial charge on any atom is -0.375 e. The summed E-state index contributed by atoms with van der Waals surface area (Å²) in [5.41, 5.74) is 7.27. The van der Waals surface area contributed by atoms with Crippen molar-refractivity contribution >= 4 is 11.6 Å². The molecule has 16 heavy (non-hydrogen) atoms. The molecular formula is C13H18ClNO. The number of nitrogens with two attached hydrogens (primary N) is 1. The van der Waals surface area contributed by atoms with Gasteiger partial charge in [-0.25, -0.2) is 0 Å². The van der Waals surface area contributed by atoms with Crippen LogP contribution in [0.15, 0.2) is 24.3 Å². The van der Waals surface area contributed by atoms with Crippen LogP contribution in [0.25, 0.3) is 0 Å². The smallest absolute Gasteiger partial charge is 0.0717 e. The zero-order valence-corrected chi connectivity index (χ0v) is 10.2. The van der Waals surface area contributed by atoms with E-state index in [2.05, 4.69) is 0 Å². The molecule has 3 heteroatoms. The summed E-state index contributed by atoms with van der Waals surface area (Å²) in [5, 5.41) is 0.759. The first kappa shape index (κ1) is 11.9. The molecule has 0 spiro atoms. The van der Waals surface area contributed by atoms with Gasteiger partial charge < -0.3 is 10.5 Å². The Morgan fingerprint density at radius 2 is 1.81 bits per heavy atom. The summed E-state index contributed by atoms with van der Waals surface area (Å²) in [7, 11) is 0. The summed E-state index contributed by atoms with van der Waals surface area (Å²) < 4.78 is 5.68. The second-order valence-electron chi connectivity index (χ2n) is 4.69. The van der Waals surface area contributed by atoms with Gasteiger partial charge in [-0.05, 0) is 30.5 Å². The highest BCUT2D eigenvalue weighted by Crippen LogP contribution is 2.27. The van der Waals surface area contributed by atoms with Crippen LogP contribution in [-0.4, -0.2) is 12.1 Å². The summed E-state index contributed by atoms with van der Waals surface area (Å²) in [6, 6.07) is 7.74. The molecular weight excluding hydrogens is 222 g/mol. The van der Waals surface area contributed by atoms with Gasteiger partial charge in [0, 0.05) is 10.6 Å². The minimum atomic E-state index is -0.0770. The van der Waals surface area contributed by atoms with Crippen LogP contribution in [0.4, 0.5) is 0 Å². The van der Waals surface area contributed by atoms with Crippen LogP contribution >= 0.6 is 11.6 Å². The molecule has 88 valence electrons. The first-order valence-corrected chi connectivity index (χ1v) is 6.17. The van der Waals surface area contributed by atoms with Crippen molar-refractivity contribution in [2.45, 2.75) is 37.8 Å². The van der Waals surface area contributed by atoms with Gasteiger partial charge in [-0.15, -0.1) is 0 Å². The molecule has 2 rings (SSSR count). The molecule has 2 nitrogen and oxygen atoms in total. The zero-order chi connectivity index (χ0) is 11.4. The lowest BCUT2D eigenvalue weighted by Gasteiger charge is -2.23. The Kier molecular flexibility index (Phi) is 3.85. The average molecular weight is 240 g/mol. The molecule has 0 amide bonds. The van der Waals surface area contributed by atoms with Crippen LogP contribution in [0.2, 0.25) is 5.02 Å². The highest BCUT2D eigenvalue weighted by molar-refractivity contribution is 6.30. The van der Waals surface area contributed by atoms with E-state index in [1.807, 2.05) is 24.3 Å². The first-order valence-electron chi connectivity index (χ1n) is 5.79. The monoisotopic (exact) mass is 239 g/mol. The van der Waals surface area contributed by atoms with Crippen LogP contribution in [0, 0.1) is 0 Å². The SMILES string of the molecule is NC1(COCc2ccc(Cl)cc2)CCCC1. The van der Waals surface area contributed by atoms with Gasteiger partial charge in [0.15, 0.2) is 0 Å². The molecule has 2 N–H and O–H groups in total. The third kappa shape index (κ3) is 3.21. The fraction of sp³-hybridized carbons (Fsp3) is 0.538. The van der Waals surface area contributed by atoms with Gasteiger partial charge in [0.1, 0.15) is 0 Å². The predicted octanol–water partition coefficient (Wildman–Crippen LogP) is 3.13. The molecule has 0 heterocycles. The van der Waals surface area contributed by atoms with Gasteiger partial charge in [-0.3, -0.25) is 0 Å². The Morgan fingerprint density at radius 1 is 1.19 bits per heavy atom. The molecule has 1 fully saturated rings. The van der Waals surface area contributed by atoms with Crippen LogP contribution in [0.3, 0.4) is 0 Å². The molecule has 1 saturated carbocycles. The Balaban J connectivity index is 1.77. The fourth-order valence-corrected chi connectivity index (χ4v) is 2.30. The van der Waals surface area contributed by atoms with Crippen molar-refractivity contribution in [3.63, 3.8) is 0 Å². The standard InChI is InChI=1S/C13H18ClNO/c14-12-5-3-11(4-6-12)9-16-10-13(15)7-1-2-8-13/h3-6H,1-2,7-10,15H2. The van der Waals surface area contributed by atoms with Crippen molar-refractivity contribution in [3.8, 4) is 0 Å². The van der Waals surface area contributed by atoms with Crippen molar-refractivity contribution in [1.29, 1.82) is 0 Å². The second kappa shape index (κ2) is 5.17. The number of halogens is 1. The number of hydrogen-bond donors (Lipinski definition) is 1. The van der Waals surface area contributed by atoms with E-state index in [1.54, 1.807) is 0 Å². The molecule has 0 bridgehead atoms. The van der Waals surface area contributed by atoms with Gasteiger partial charge in [0.05, 0.1) is 13.2 Å². The Bertz CT molecular complexity index is 330. The van der Waals surface area contributed by atoms with E-state index in [-0.39, 0.29) is 5.54 Å². The second-order valence-corrected chi connectivity index (χ2v) is 5.13. The topological polar surface area (TPSA) is 35.2 Å². The van der Waals surface area contributed by atoms with Crippen LogP contribution in [0.5, 0.6) is 0 Å². The number of hydrogen-bond acceptors (Lipinski definition) is 2. The quantitative estimate of drug-likeness (QED) is 0.876. The molecule has 0 aromatic heterocycles. The molecule has 0 unspecified atom stereocenters. The number of benzene rings is 1. The zero-order valence-electron chi connectivity index (χ0n) is 9.42. The van der Waals surface area contributed by atoms with E-state index in [0.29, 0.717) is 13.2 Å². The molecule has 1 aromatic carbocycles. The van der Waals surface area contributed by atoms with Crippen LogP contribution in [0.1, 0.15) is 31.2 Å². The third-order valence-corrected chi connectivity index (χ3v) is 3.42. The summed E-state index contributed by atoms with van der Waals surface area (Å²) in [6.07, 6.45) is 4.66. The van der Waals surface area contributed by atoms with Crippen molar-refractivity contribution in [2.24, 2.45) is 5.73 Å². The van der Waals surface area contributed by atoms with Gasteiger partial charge in [-0.2, -0.15) is 0 Å². The van der Waals surface area contributed by atoms with Gasteiger partial charge in [0.25, 0.3) is 0 Å². The summed E-state index contributed by atoms with van der Waals surface area (Å²) in [5.74, 6) is 0. The fourth-order valence-electron chi connectivity index (χ4n) is 2.18. The van der Waals surface area contributed by atoms with E-state index in [0.717, 1.165) is 23.4 Å². The molecule has 1 aliphatic carbocycles. The maximum atomic E-state index is 6.20. The van der Waals surface area contributed by atoms with E-state index >= 15 is 0 Å². The van der Waals surface area contributed by atoms with E-state index < -0.39 is 0 Å². The summed E-state index contributed by atoms with van der Waals surface area (Å²) in [4.78, 5) is 0. The van der Waals surface area contributed by atoms with Gasteiger partial charge >= 0.3 is 0 Å². The van der Waals surface area contributed by atoms with E-state index in [1.165, 1.54) is 12.8 Å². The molecule has 0 aliphatic heterocycles. The van der Waals surface area contributed by atoms with Crippen LogP contribution < -0.4 is 5.73 Å². The maximum Gasteiger partial charge on any atom is 0.0717 e. The Hall–Kier alpha value is -0.570. The van der Waals surface area contributed by atoms with Crippen molar-refractivity contribution in [1.82, 2.24) is 0 Å². The molecule has 0 radical (unpaired) electrons. The summed E-state index contributed by atoms with van der Waals surface area (Å²) >= 11 is 5.81. The maximum absolute atomic E-state index is 6.20. The molecule has 1 aromatic rings. The third-order valence-electron chi connectivity index (χ3n) is 3.17. The van der Waals surface area contributed by atoms with Crippen molar-refractivity contribution in [2.75, 3.05) is 6.61 Å². The van der Waals surface area contributed by atoms with Crippen LogP contribution in [-0.2, 0) is 11.3 Å². The van der Waals surface area contributed by atoms with Crippen molar-refractivity contribution in [3.05, 3.63) is 34.9 Å².